The van der Waals surface area contributed by atoms with E-state index >= 15 is 0 Å². The van der Waals surface area contributed by atoms with E-state index in [9.17, 15) is 37.0 Å². The Bertz CT molecular complexity index is 230. The van der Waals surface area contributed by atoms with Crippen LogP contribution < -0.4 is 19.2 Å². The van der Waals surface area contributed by atoms with Crippen LogP contribution in [-0.4, -0.2) is 65.1 Å². The Hall–Kier alpha value is -0.818. The molecule has 0 aromatic rings. The first kappa shape index (κ1) is 32.2. The molecule has 0 N–H and O–H groups in total. The second-order valence-corrected chi connectivity index (χ2v) is 5.45. The predicted octanol–water partition coefficient (Wildman–Crippen LogP) is -6.37. The van der Waals surface area contributed by atoms with E-state index in [4.69, 9.17) is 0 Å². The van der Waals surface area contributed by atoms with E-state index in [0.29, 0.717) is 0 Å². The molecule has 21 heavy (non-hydrogen) atoms. The molecule has 0 amide bonds. The SMILES string of the molecule is CO[Si](=O)[O-].CO[Si](=O)[O-].CO[Si](=O)[O-].CO[Si](=O)[O-].[Ti+4]. The molecule has 12 nitrogen and oxygen atoms in total. The van der Waals surface area contributed by atoms with Gasteiger partial charge in [-0.05, 0) is 0 Å². The van der Waals surface area contributed by atoms with Crippen LogP contribution in [-0.2, 0) is 57.3 Å². The summed E-state index contributed by atoms with van der Waals surface area (Å²) < 4.78 is 51.8. The van der Waals surface area contributed by atoms with Gasteiger partial charge in [0.2, 0.25) is 0 Å². The molecule has 0 saturated carbocycles. The van der Waals surface area contributed by atoms with Crippen LogP contribution in [0.5, 0.6) is 0 Å². The fourth-order valence-corrected chi connectivity index (χ4v) is 0. The molecule has 120 valence electrons. The topological polar surface area (TPSA) is 197 Å². The second kappa shape index (κ2) is 27.5. The molecule has 0 aromatic heterocycles. The summed E-state index contributed by atoms with van der Waals surface area (Å²) in [4.78, 5) is 36.9. The molecule has 17 heteroatoms. The fraction of sp³-hybridized carbons (Fsp3) is 1.00. The van der Waals surface area contributed by atoms with Gasteiger partial charge in [0.25, 0.3) is 0 Å². The molecule has 0 aliphatic carbocycles. The van der Waals surface area contributed by atoms with Gasteiger partial charge in [-0.25, -0.2) is 0 Å². The Balaban J connectivity index is -0.0000000533. The van der Waals surface area contributed by atoms with Crippen molar-refractivity contribution in [2.24, 2.45) is 0 Å². The fourth-order valence-electron chi connectivity index (χ4n) is 0. The van der Waals surface area contributed by atoms with Crippen molar-refractivity contribution in [2.45, 2.75) is 0 Å². The van der Waals surface area contributed by atoms with Gasteiger partial charge in [-0.1, -0.05) is 0 Å². The normalized spacial score (nSPS) is 6.29. The number of rotatable bonds is 4. The van der Waals surface area contributed by atoms with Gasteiger partial charge in [-0.3, -0.25) is 0 Å². The predicted molar refractivity (Wildman–Crippen MR) is 53.8 cm³/mol. The van der Waals surface area contributed by atoms with Crippen LogP contribution in [0.25, 0.3) is 0 Å². The summed E-state index contributed by atoms with van der Waals surface area (Å²) in [5.74, 6) is 0. The molecule has 0 spiro atoms. The summed E-state index contributed by atoms with van der Waals surface area (Å²) >= 11 is 0. The molecule has 0 aliphatic rings. The van der Waals surface area contributed by atoms with Crippen molar-refractivity contribution in [1.82, 2.24) is 0 Å². The molecule has 0 aromatic carbocycles. The third-order valence-electron chi connectivity index (χ3n) is 0.667. The largest absolute Gasteiger partial charge is 4.00 e. The standard InChI is InChI=1S/4CH3O3Si.Ti/c4*1-4-5(2)3;/h4*1H3;/q4*-1;+4. The van der Waals surface area contributed by atoms with Crippen molar-refractivity contribution in [3.8, 4) is 0 Å². The first-order valence-electron chi connectivity index (χ1n) is 4.08. The monoisotopic (exact) mass is 412 g/mol. The number of hydrogen-bond donors (Lipinski definition) is 0. The minimum Gasteiger partial charge on any atom is -0.591 e. The average Bonchev–Trinajstić information content (AvgIpc) is 2.40. The van der Waals surface area contributed by atoms with Crippen LogP contribution in [0.2, 0.25) is 0 Å². The minimum atomic E-state index is -2.87. The maximum absolute atomic E-state index is 9.22. The summed E-state index contributed by atoms with van der Waals surface area (Å²) in [6.45, 7) is 0. The molecule has 0 rings (SSSR count). The molecule has 0 saturated heterocycles. The van der Waals surface area contributed by atoms with E-state index in [-0.39, 0.29) is 21.7 Å². The van der Waals surface area contributed by atoms with Crippen molar-refractivity contribution in [1.29, 1.82) is 0 Å². The molecular formula is C4H12O12Si4Ti. The molecule has 0 radical (unpaired) electrons. The van der Waals surface area contributed by atoms with Gasteiger partial charge < -0.3 is 54.7 Å². The zero-order chi connectivity index (χ0) is 17.1. The van der Waals surface area contributed by atoms with E-state index in [1.54, 1.807) is 0 Å². The van der Waals surface area contributed by atoms with E-state index in [1.807, 2.05) is 0 Å². The van der Waals surface area contributed by atoms with Gasteiger partial charge in [0.05, 0.1) is 0 Å². The van der Waals surface area contributed by atoms with Crippen LogP contribution >= 0.6 is 0 Å². The summed E-state index contributed by atoms with van der Waals surface area (Å²) in [6.07, 6.45) is 0. The molecule has 0 aliphatic heterocycles. The van der Waals surface area contributed by atoms with Gasteiger partial charge in [0.1, 0.15) is 0 Å². The van der Waals surface area contributed by atoms with Gasteiger partial charge in [-0.2, -0.15) is 0 Å². The molecule has 0 heterocycles. The molecule has 0 fully saturated rings. The average molecular weight is 412 g/mol. The minimum absolute atomic E-state index is 0. The molecule has 0 atom stereocenters. The van der Waals surface area contributed by atoms with Crippen LogP contribution in [0.1, 0.15) is 0 Å². The van der Waals surface area contributed by atoms with Gasteiger partial charge in [0, 0.05) is 28.4 Å². The Morgan fingerprint density at radius 1 is 0.524 bits per heavy atom. The van der Waals surface area contributed by atoms with Crippen molar-refractivity contribution in [2.75, 3.05) is 28.4 Å². The van der Waals surface area contributed by atoms with Crippen LogP contribution in [0.3, 0.4) is 0 Å². The number of hydrogen-bond acceptors (Lipinski definition) is 12. The first-order valence-corrected chi connectivity index (χ1v) is 8.98. The van der Waals surface area contributed by atoms with Crippen LogP contribution in [0.4, 0.5) is 0 Å². The molecule has 0 bridgehead atoms. The third kappa shape index (κ3) is 110. The maximum Gasteiger partial charge on any atom is 4.00 e. The first-order chi connectivity index (χ1) is 9.08. The smallest absolute Gasteiger partial charge is 0.591 e. The summed E-state index contributed by atoms with van der Waals surface area (Å²) in [7, 11) is -7.02. The van der Waals surface area contributed by atoms with Crippen molar-refractivity contribution in [3.63, 3.8) is 0 Å². The van der Waals surface area contributed by atoms with E-state index in [1.165, 1.54) is 0 Å². The Kier molecular flexibility index (Phi) is 42.2. The van der Waals surface area contributed by atoms with Gasteiger partial charge in [0.15, 0.2) is 0 Å². The summed E-state index contributed by atoms with van der Waals surface area (Å²) in [5, 5.41) is 0. The van der Waals surface area contributed by atoms with Crippen LogP contribution in [0, 0.1) is 0 Å². The van der Waals surface area contributed by atoms with E-state index in [0.717, 1.165) is 28.4 Å². The zero-order valence-corrected chi connectivity index (χ0v) is 17.0. The third-order valence-corrected chi connectivity index (χ3v) is 2.00. The van der Waals surface area contributed by atoms with Crippen LogP contribution in [0.15, 0.2) is 0 Å². The molecular weight excluding hydrogens is 400 g/mol. The molecule has 0 unspecified atom stereocenters. The van der Waals surface area contributed by atoms with E-state index in [2.05, 4.69) is 17.7 Å². The van der Waals surface area contributed by atoms with E-state index < -0.39 is 36.7 Å². The zero-order valence-electron chi connectivity index (χ0n) is 11.4. The van der Waals surface area contributed by atoms with Crippen molar-refractivity contribution < 1.29 is 76.5 Å². The Morgan fingerprint density at radius 2 is 0.571 bits per heavy atom. The van der Waals surface area contributed by atoms with Crippen molar-refractivity contribution >= 4 is 36.7 Å². The quantitative estimate of drug-likeness (QED) is 0.396. The summed E-state index contributed by atoms with van der Waals surface area (Å²) in [5.41, 5.74) is 0. The van der Waals surface area contributed by atoms with Crippen molar-refractivity contribution in [3.05, 3.63) is 0 Å². The Morgan fingerprint density at radius 3 is 0.571 bits per heavy atom. The Labute approximate surface area is 141 Å². The summed E-state index contributed by atoms with van der Waals surface area (Å²) in [6, 6.07) is 0. The maximum atomic E-state index is 9.22. The second-order valence-electron chi connectivity index (χ2n) is 1.82. The van der Waals surface area contributed by atoms with Gasteiger partial charge >= 0.3 is 58.4 Å². The van der Waals surface area contributed by atoms with Gasteiger partial charge in [-0.15, -0.1) is 0 Å².